The van der Waals surface area contributed by atoms with Crippen LogP contribution in [0.1, 0.15) is 25.8 Å². The van der Waals surface area contributed by atoms with E-state index in [0.717, 1.165) is 31.0 Å². The highest BCUT2D eigenvalue weighted by atomic mass is 19.1. The number of halogens is 1. The fourth-order valence-electron chi connectivity index (χ4n) is 1.54. The molecule has 0 fully saturated rings. The molecule has 0 atom stereocenters. The van der Waals surface area contributed by atoms with Crippen molar-refractivity contribution in [2.45, 2.75) is 26.8 Å². The van der Waals surface area contributed by atoms with Gasteiger partial charge in [-0.3, -0.25) is 0 Å². The Morgan fingerprint density at radius 1 is 1.26 bits per heavy atom. The number of aliphatic imine (C=N–C) groups is 1. The predicted molar refractivity (Wildman–Crippen MR) is 78.6 cm³/mol. The Labute approximate surface area is 114 Å². The second-order valence-corrected chi connectivity index (χ2v) is 4.11. The summed E-state index contributed by atoms with van der Waals surface area (Å²) < 4.78 is 12.8. The number of hydrogen-bond acceptors (Lipinski definition) is 1. The number of allylic oxidation sites excluding steroid dienone is 1. The van der Waals surface area contributed by atoms with Gasteiger partial charge < -0.3 is 10.6 Å². The molecule has 0 heterocycles. The van der Waals surface area contributed by atoms with E-state index < -0.39 is 0 Å². The van der Waals surface area contributed by atoms with Gasteiger partial charge in [0.2, 0.25) is 0 Å². The number of nitrogens with one attached hydrogen (secondary N) is 2. The third-order valence-electron chi connectivity index (χ3n) is 2.52. The second kappa shape index (κ2) is 9.14. The van der Waals surface area contributed by atoms with Crippen molar-refractivity contribution in [2.75, 3.05) is 13.1 Å². The van der Waals surface area contributed by atoms with Crippen molar-refractivity contribution >= 4 is 5.96 Å². The molecule has 1 aromatic rings. The lowest BCUT2D eigenvalue weighted by molar-refractivity contribution is 0.627. The van der Waals surface area contributed by atoms with Crippen LogP contribution in [0.4, 0.5) is 4.39 Å². The highest BCUT2D eigenvalue weighted by Crippen LogP contribution is 2.03. The van der Waals surface area contributed by atoms with Crippen LogP contribution in [0.3, 0.4) is 0 Å². The van der Waals surface area contributed by atoms with Crippen LogP contribution < -0.4 is 10.6 Å². The fraction of sp³-hybridized carbons (Fsp3) is 0.400. The first-order chi connectivity index (χ1) is 9.26. The standard InChI is InChI=1S/C15H22FN3/c1-3-5-6-11-18-15(17-4-2)19-12-13-7-9-14(16)10-8-13/h3,5,7-10H,4,6,11-12H2,1-2H3,(H2,17,18,19)/b5-3+. The van der Waals surface area contributed by atoms with E-state index in [1.807, 2.05) is 19.9 Å². The van der Waals surface area contributed by atoms with E-state index in [0.29, 0.717) is 6.54 Å². The molecule has 1 rings (SSSR count). The van der Waals surface area contributed by atoms with Crippen molar-refractivity contribution in [1.82, 2.24) is 10.6 Å². The van der Waals surface area contributed by atoms with Crippen LogP contribution in [0.25, 0.3) is 0 Å². The van der Waals surface area contributed by atoms with Gasteiger partial charge in [0.15, 0.2) is 5.96 Å². The number of guanidine groups is 1. The second-order valence-electron chi connectivity index (χ2n) is 4.11. The molecule has 0 aliphatic carbocycles. The first kappa shape index (κ1) is 15.2. The lowest BCUT2D eigenvalue weighted by Gasteiger charge is -2.10. The molecule has 3 nitrogen and oxygen atoms in total. The van der Waals surface area contributed by atoms with E-state index in [1.54, 1.807) is 12.1 Å². The van der Waals surface area contributed by atoms with Crippen molar-refractivity contribution in [1.29, 1.82) is 0 Å². The Balaban J connectivity index is 2.49. The molecule has 0 unspecified atom stereocenters. The Morgan fingerprint density at radius 2 is 2.00 bits per heavy atom. The molecule has 0 aromatic heterocycles. The van der Waals surface area contributed by atoms with Crippen LogP contribution in [-0.2, 0) is 6.54 Å². The van der Waals surface area contributed by atoms with E-state index in [1.165, 1.54) is 12.1 Å². The zero-order chi connectivity index (χ0) is 13.9. The van der Waals surface area contributed by atoms with Gasteiger partial charge in [0, 0.05) is 13.1 Å². The molecule has 0 aliphatic rings. The summed E-state index contributed by atoms with van der Waals surface area (Å²) in [5.74, 6) is 0.570. The molecule has 0 saturated carbocycles. The van der Waals surface area contributed by atoms with E-state index in [4.69, 9.17) is 0 Å². The van der Waals surface area contributed by atoms with E-state index in [9.17, 15) is 4.39 Å². The first-order valence-electron chi connectivity index (χ1n) is 6.64. The van der Waals surface area contributed by atoms with Crippen molar-refractivity contribution < 1.29 is 4.39 Å². The van der Waals surface area contributed by atoms with E-state index in [-0.39, 0.29) is 5.82 Å². The monoisotopic (exact) mass is 263 g/mol. The van der Waals surface area contributed by atoms with Crippen LogP contribution in [0.5, 0.6) is 0 Å². The molecule has 0 aliphatic heterocycles. The van der Waals surface area contributed by atoms with Crippen molar-refractivity contribution in [3.05, 3.63) is 47.8 Å². The van der Waals surface area contributed by atoms with Gasteiger partial charge >= 0.3 is 0 Å². The summed E-state index contributed by atoms with van der Waals surface area (Å²) in [6.45, 7) is 6.24. The SMILES string of the molecule is C/C=C/CCNC(=NCc1ccc(F)cc1)NCC. The molecule has 104 valence electrons. The number of rotatable bonds is 6. The summed E-state index contributed by atoms with van der Waals surface area (Å²) in [5.41, 5.74) is 0.993. The zero-order valence-electron chi connectivity index (χ0n) is 11.6. The van der Waals surface area contributed by atoms with Crippen molar-refractivity contribution in [2.24, 2.45) is 4.99 Å². The molecule has 4 heteroatoms. The summed E-state index contributed by atoms with van der Waals surface area (Å²) >= 11 is 0. The van der Waals surface area contributed by atoms with E-state index in [2.05, 4.69) is 21.7 Å². The Hall–Kier alpha value is -1.84. The Bertz CT molecular complexity index is 410. The first-order valence-corrected chi connectivity index (χ1v) is 6.64. The van der Waals surface area contributed by atoms with Crippen LogP contribution in [-0.4, -0.2) is 19.0 Å². The van der Waals surface area contributed by atoms with Crippen LogP contribution >= 0.6 is 0 Å². The predicted octanol–water partition coefficient (Wildman–Crippen LogP) is 2.85. The molecule has 2 N–H and O–H groups in total. The summed E-state index contributed by atoms with van der Waals surface area (Å²) in [7, 11) is 0. The molecule has 0 spiro atoms. The maximum atomic E-state index is 12.8. The van der Waals surface area contributed by atoms with Crippen molar-refractivity contribution in [3.8, 4) is 0 Å². The van der Waals surface area contributed by atoms with Crippen LogP contribution in [0, 0.1) is 5.82 Å². The minimum atomic E-state index is -0.218. The van der Waals surface area contributed by atoms with Gasteiger partial charge in [-0.15, -0.1) is 0 Å². The fourth-order valence-corrected chi connectivity index (χ4v) is 1.54. The molecule has 0 saturated heterocycles. The van der Waals surface area contributed by atoms with Crippen LogP contribution in [0.2, 0.25) is 0 Å². The normalized spacial score (nSPS) is 11.8. The molecular weight excluding hydrogens is 241 g/mol. The minimum absolute atomic E-state index is 0.218. The molecule has 0 radical (unpaired) electrons. The largest absolute Gasteiger partial charge is 0.357 e. The lowest BCUT2D eigenvalue weighted by atomic mass is 10.2. The van der Waals surface area contributed by atoms with Gasteiger partial charge in [-0.25, -0.2) is 9.38 Å². The van der Waals surface area contributed by atoms with Crippen molar-refractivity contribution in [3.63, 3.8) is 0 Å². The summed E-state index contributed by atoms with van der Waals surface area (Å²) in [6.07, 6.45) is 5.11. The molecule has 0 bridgehead atoms. The zero-order valence-corrected chi connectivity index (χ0v) is 11.6. The number of benzene rings is 1. The summed E-state index contributed by atoms with van der Waals surface area (Å²) in [4.78, 5) is 4.46. The molecule has 1 aromatic carbocycles. The number of hydrogen-bond donors (Lipinski definition) is 2. The topological polar surface area (TPSA) is 36.4 Å². The van der Waals surface area contributed by atoms with Gasteiger partial charge in [-0.05, 0) is 38.0 Å². The van der Waals surface area contributed by atoms with Gasteiger partial charge in [0.25, 0.3) is 0 Å². The Morgan fingerprint density at radius 3 is 2.63 bits per heavy atom. The molecular formula is C15H22FN3. The van der Waals surface area contributed by atoms with Gasteiger partial charge in [-0.2, -0.15) is 0 Å². The quantitative estimate of drug-likeness (QED) is 0.358. The molecule has 19 heavy (non-hydrogen) atoms. The smallest absolute Gasteiger partial charge is 0.191 e. The third-order valence-corrected chi connectivity index (χ3v) is 2.52. The highest BCUT2D eigenvalue weighted by molar-refractivity contribution is 5.79. The summed E-state index contributed by atoms with van der Waals surface area (Å²) in [6, 6.07) is 6.42. The van der Waals surface area contributed by atoms with Gasteiger partial charge in [-0.1, -0.05) is 24.3 Å². The lowest BCUT2D eigenvalue weighted by Crippen LogP contribution is -2.37. The average molecular weight is 263 g/mol. The maximum absolute atomic E-state index is 12.8. The third kappa shape index (κ3) is 6.60. The van der Waals surface area contributed by atoms with Gasteiger partial charge in [0.05, 0.1) is 6.54 Å². The maximum Gasteiger partial charge on any atom is 0.191 e. The highest BCUT2D eigenvalue weighted by Gasteiger charge is 1.97. The average Bonchev–Trinajstić information content (AvgIpc) is 2.42. The van der Waals surface area contributed by atoms with Crippen LogP contribution in [0.15, 0.2) is 41.4 Å². The Kier molecular flexibility index (Phi) is 7.32. The minimum Gasteiger partial charge on any atom is -0.357 e. The van der Waals surface area contributed by atoms with Gasteiger partial charge in [0.1, 0.15) is 5.82 Å². The van der Waals surface area contributed by atoms with E-state index >= 15 is 0 Å². The number of nitrogens with zero attached hydrogens (tertiary/aromatic N) is 1. The molecule has 0 amide bonds. The summed E-state index contributed by atoms with van der Waals surface area (Å²) in [5, 5.41) is 6.43.